The fourth-order valence-corrected chi connectivity index (χ4v) is 5.28. The fourth-order valence-electron chi connectivity index (χ4n) is 2.79. The monoisotopic (exact) mass is 326 g/mol. The van der Waals surface area contributed by atoms with Crippen LogP contribution >= 0.6 is 11.7 Å². The average molecular weight is 326 g/mol. The number of nitrogens with two attached hydrogens (primary N) is 1. The molecule has 1 fully saturated rings. The number of piperidine rings is 1. The third-order valence-electron chi connectivity index (χ3n) is 4.09. The van der Waals surface area contributed by atoms with Crippen molar-refractivity contribution >= 4 is 32.8 Å². The highest BCUT2D eigenvalue weighted by atomic mass is 32.2. The second kappa shape index (κ2) is 5.60. The first-order chi connectivity index (χ1) is 10.0. The van der Waals surface area contributed by atoms with Gasteiger partial charge in [0.25, 0.3) is 0 Å². The van der Waals surface area contributed by atoms with Gasteiger partial charge < -0.3 is 5.73 Å². The van der Waals surface area contributed by atoms with Crippen molar-refractivity contribution in [3.05, 3.63) is 18.2 Å². The van der Waals surface area contributed by atoms with Crippen LogP contribution in [0.4, 0.5) is 0 Å². The summed E-state index contributed by atoms with van der Waals surface area (Å²) in [4.78, 5) is 0.248. The predicted molar refractivity (Wildman–Crippen MR) is 82.5 cm³/mol. The minimum atomic E-state index is -3.57. The van der Waals surface area contributed by atoms with E-state index in [4.69, 9.17) is 5.73 Å². The highest BCUT2D eigenvalue weighted by molar-refractivity contribution is 7.89. The molecule has 0 bridgehead atoms. The first-order valence-electron chi connectivity index (χ1n) is 6.97. The molecule has 0 saturated carbocycles. The summed E-state index contributed by atoms with van der Waals surface area (Å²) in [7, 11) is -3.57. The molecule has 1 aliphatic rings. The molecule has 2 N–H and O–H groups in total. The van der Waals surface area contributed by atoms with E-state index >= 15 is 0 Å². The third-order valence-corrected chi connectivity index (χ3v) is 6.65. The van der Waals surface area contributed by atoms with Crippen molar-refractivity contribution in [2.75, 3.05) is 13.1 Å². The van der Waals surface area contributed by atoms with Crippen LogP contribution in [0.25, 0.3) is 11.0 Å². The Morgan fingerprint density at radius 1 is 1.38 bits per heavy atom. The minimum Gasteiger partial charge on any atom is -0.330 e. The van der Waals surface area contributed by atoms with Gasteiger partial charge in [-0.3, -0.25) is 0 Å². The van der Waals surface area contributed by atoms with Crippen molar-refractivity contribution in [1.82, 2.24) is 13.1 Å². The summed E-state index contributed by atoms with van der Waals surface area (Å²) < 4.78 is 35.8. The topological polar surface area (TPSA) is 89.2 Å². The molecular formula is C13H18N4O2S2. The highest BCUT2D eigenvalue weighted by Gasteiger charge is 2.35. The van der Waals surface area contributed by atoms with Crippen molar-refractivity contribution in [2.24, 2.45) is 11.7 Å². The van der Waals surface area contributed by atoms with Crippen LogP contribution < -0.4 is 5.73 Å². The molecule has 6 nitrogen and oxygen atoms in total. The van der Waals surface area contributed by atoms with Crippen LogP contribution in [0, 0.1) is 5.92 Å². The lowest BCUT2D eigenvalue weighted by Crippen LogP contribution is -2.47. The lowest BCUT2D eigenvalue weighted by Gasteiger charge is -2.36. The summed E-state index contributed by atoms with van der Waals surface area (Å²) >= 11 is 1.03. The van der Waals surface area contributed by atoms with Crippen molar-refractivity contribution in [2.45, 2.75) is 30.7 Å². The van der Waals surface area contributed by atoms with E-state index in [1.54, 1.807) is 22.5 Å². The zero-order chi connectivity index (χ0) is 15.0. The maximum atomic E-state index is 13.0. The van der Waals surface area contributed by atoms with Crippen molar-refractivity contribution < 1.29 is 8.42 Å². The first-order valence-corrected chi connectivity index (χ1v) is 9.14. The molecule has 1 saturated heterocycles. The van der Waals surface area contributed by atoms with Gasteiger partial charge in [-0.05, 0) is 44.4 Å². The molecule has 0 aliphatic carbocycles. The summed E-state index contributed by atoms with van der Waals surface area (Å²) in [6, 6.07) is 5.09. The number of benzene rings is 1. The zero-order valence-corrected chi connectivity index (χ0v) is 13.4. The second-order valence-electron chi connectivity index (χ2n) is 5.49. The maximum absolute atomic E-state index is 13.0. The smallest absolute Gasteiger partial charge is 0.245 e. The highest BCUT2D eigenvalue weighted by Crippen LogP contribution is 2.30. The number of aromatic nitrogens is 2. The van der Waals surface area contributed by atoms with Crippen molar-refractivity contribution in [3.8, 4) is 0 Å². The summed E-state index contributed by atoms with van der Waals surface area (Å²) in [6.45, 7) is 2.94. The molecule has 0 spiro atoms. The van der Waals surface area contributed by atoms with E-state index in [9.17, 15) is 8.42 Å². The van der Waals surface area contributed by atoms with Gasteiger partial charge in [-0.15, -0.1) is 0 Å². The molecule has 3 rings (SSSR count). The van der Waals surface area contributed by atoms with Gasteiger partial charge in [0.1, 0.15) is 15.9 Å². The van der Waals surface area contributed by atoms with E-state index in [2.05, 4.69) is 8.75 Å². The molecule has 1 aromatic heterocycles. The number of hydrogen-bond acceptors (Lipinski definition) is 6. The van der Waals surface area contributed by atoms with E-state index in [0.29, 0.717) is 24.1 Å². The Morgan fingerprint density at radius 3 is 2.95 bits per heavy atom. The minimum absolute atomic E-state index is 0.0142. The largest absolute Gasteiger partial charge is 0.330 e. The van der Waals surface area contributed by atoms with Crippen LogP contribution in [-0.2, 0) is 10.0 Å². The summed E-state index contributed by atoms with van der Waals surface area (Å²) in [6.07, 6.45) is 1.82. The van der Waals surface area contributed by atoms with Crippen molar-refractivity contribution in [3.63, 3.8) is 0 Å². The predicted octanol–water partition coefficient (Wildman–Crippen LogP) is 1.44. The Hall–Kier alpha value is -1.09. The van der Waals surface area contributed by atoms with Gasteiger partial charge in [-0.2, -0.15) is 13.1 Å². The van der Waals surface area contributed by atoms with Crippen LogP contribution in [0.1, 0.15) is 19.8 Å². The van der Waals surface area contributed by atoms with E-state index in [0.717, 1.165) is 24.6 Å². The van der Waals surface area contributed by atoms with Gasteiger partial charge in [0.15, 0.2) is 0 Å². The molecule has 1 aromatic carbocycles. The first kappa shape index (κ1) is 14.8. The molecule has 1 aliphatic heterocycles. The van der Waals surface area contributed by atoms with Crippen molar-refractivity contribution in [1.29, 1.82) is 0 Å². The van der Waals surface area contributed by atoms with E-state index in [-0.39, 0.29) is 16.9 Å². The Morgan fingerprint density at radius 2 is 2.19 bits per heavy atom. The zero-order valence-electron chi connectivity index (χ0n) is 11.8. The molecule has 8 heteroatoms. The third kappa shape index (κ3) is 2.57. The molecule has 2 heterocycles. The number of sulfonamides is 1. The molecule has 0 amide bonds. The molecule has 21 heavy (non-hydrogen) atoms. The van der Waals surface area contributed by atoms with E-state index in [1.165, 1.54) is 0 Å². The van der Waals surface area contributed by atoms with Gasteiger partial charge in [0, 0.05) is 12.6 Å². The van der Waals surface area contributed by atoms with Crippen LogP contribution in [0.2, 0.25) is 0 Å². The van der Waals surface area contributed by atoms with Crippen LogP contribution in [0.15, 0.2) is 23.1 Å². The standard InChI is InChI=1S/C13H18N4O2S2/c1-9-5-6-10(7-14)8-17(9)21(18,19)12-4-2-3-11-13(12)16-20-15-11/h2-4,9-10H,5-8,14H2,1H3. The lowest BCUT2D eigenvalue weighted by atomic mass is 9.96. The summed E-state index contributed by atoms with van der Waals surface area (Å²) in [5, 5.41) is 0. The molecule has 2 aromatic rings. The maximum Gasteiger partial charge on any atom is 0.245 e. The van der Waals surface area contributed by atoms with Gasteiger partial charge in [-0.1, -0.05) is 6.07 Å². The van der Waals surface area contributed by atoms with Gasteiger partial charge in [0.05, 0.1) is 11.7 Å². The van der Waals surface area contributed by atoms with Gasteiger partial charge in [0.2, 0.25) is 10.0 Å². The SMILES string of the molecule is CC1CCC(CN)CN1S(=O)(=O)c1cccc2nsnc12. The quantitative estimate of drug-likeness (QED) is 0.922. The number of hydrogen-bond donors (Lipinski definition) is 1. The molecule has 2 atom stereocenters. The summed E-state index contributed by atoms with van der Waals surface area (Å²) in [5.74, 6) is 0.226. The van der Waals surface area contributed by atoms with Crippen LogP contribution in [0.5, 0.6) is 0 Å². The number of fused-ring (bicyclic) bond motifs is 1. The Labute approximate surface area is 128 Å². The van der Waals surface area contributed by atoms with Gasteiger partial charge in [-0.25, -0.2) is 8.42 Å². The van der Waals surface area contributed by atoms with Crippen LogP contribution in [0.3, 0.4) is 0 Å². The molecule has 0 radical (unpaired) electrons. The molecule has 2 unspecified atom stereocenters. The van der Waals surface area contributed by atoms with E-state index in [1.807, 2.05) is 6.92 Å². The number of nitrogens with zero attached hydrogens (tertiary/aromatic N) is 3. The molecular weight excluding hydrogens is 308 g/mol. The average Bonchev–Trinajstić information content (AvgIpc) is 2.95. The second-order valence-corrected chi connectivity index (χ2v) is 7.88. The summed E-state index contributed by atoms with van der Waals surface area (Å²) in [5.41, 5.74) is 6.81. The Bertz CT molecular complexity index is 743. The number of rotatable bonds is 3. The van der Waals surface area contributed by atoms with Crippen LogP contribution in [-0.4, -0.2) is 40.6 Å². The Balaban J connectivity index is 2.05. The Kier molecular flexibility index (Phi) is 3.96. The fraction of sp³-hybridized carbons (Fsp3) is 0.538. The molecule has 114 valence electrons. The van der Waals surface area contributed by atoms with E-state index < -0.39 is 10.0 Å². The van der Waals surface area contributed by atoms with Gasteiger partial charge >= 0.3 is 0 Å². The normalized spacial score (nSPS) is 24.5. The lowest BCUT2D eigenvalue weighted by molar-refractivity contribution is 0.211.